The summed E-state index contributed by atoms with van der Waals surface area (Å²) in [6, 6.07) is 70.1. The predicted molar refractivity (Wildman–Crippen MR) is 353 cm³/mol. The molecule has 0 fully saturated rings. The van der Waals surface area contributed by atoms with Crippen LogP contribution < -0.4 is 30.4 Å². The number of anilines is 9. The minimum atomic E-state index is -0.115. The molecule has 2 aliphatic rings. The highest BCUT2D eigenvalue weighted by Gasteiger charge is 2.47. The molecule has 0 saturated carbocycles. The summed E-state index contributed by atoms with van der Waals surface area (Å²) in [5, 5.41) is 1.29. The van der Waals surface area contributed by atoms with Crippen molar-refractivity contribution in [2.45, 2.75) is 131 Å². The van der Waals surface area contributed by atoms with Gasteiger partial charge in [0.1, 0.15) is 0 Å². The first-order chi connectivity index (χ1) is 38.3. The van der Waals surface area contributed by atoms with Gasteiger partial charge in [0.2, 0.25) is 0 Å². The highest BCUT2D eigenvalue weighted by molar-refractivity contribution is 7.33. The van der Waals surface area contributed by atoms with Crippen molar-refractivity contribution in [2.24, 2.45) is 0 Å². The molecule has 6 heteroatoms. The van der Waals surface area contributed by atoms with E-state index in [2.05, 4.69) is 306 Å². The third-order valence-electron chi connectivity index (χ3n) is 16.9. The Morgan fingerprint density at radius 1 is 0.407 bits per heavy atom. The van der Waals surface area contributed by atoms with Gasteiger partial charge in [0.25, 0.3) is 6.71 Å². The predicted octanol–water partition coefficient (Wildman–Crippen LogP) is 19.7. The second kappa shape index (κ2) is 19.5. The van der Waals surface area contributed by atoms with Crippen molar-refractivity contribution >= 4 is 95.0 Å². The van der Waals surface area contributed by atoms with Crippen LogP contribution >= 0.6 is 11.3 Å². The van der Waals surface area contributed by atoms with Crippen molar-refractivity contribution < 1.29 is 0 Å². The first-order valence-corrected chi connectivity index (χ1v) is 29.9. The standard InChI is InChI=1S/C75H77BN4S/c1-71(2,3)51-21-30-56(31-22-51)78(57-32-23-52(24-33-57)72(4,5)6)63-47-64-62(46-60(63)49-39-41-77-42-40-49)76-68-65(79(64)58-34-25-53(26-35-58)73(7,8)9)43-50(48-19-17-16-18-20-48)44-66(68)80(59-36-27-54(28-37-59)74(10,11)12)69-61-45-55(75(13,14)15)29-38-67(61)81-70(69)76/h16-47H,1-15H3. The van der Waals surface area contributed by atoms with E-state index in [4.69, 9.17) is 0 Å². The van der Waals surface area contributed by atoms with Crippen molar-refractivity contribution in [1.29, 1.82) is 0 Å². The summed E-state index contributed by atoms with van der Waals surface area (Å²) in [6.07, 6.45) is 3.89. The number of aromatic nitrogens is 1. The van der Waals surface area contributed by atoms with E-state index in [0.29, 0.717) is 0 Å². The molecule has 0 radical (unpaired) electrons. The first kappa shape index (κ1) is 54.0. The molecule has 406 valence electrons. The van der Waals surface area contributed by atoms with Crippen molar-refractivity contribution in [3.8, 4) is 22.3 Å². The Morgan fingerprint density at radius 2 is 0.864 bits per heavy atom. The number of thiophene rings is 1. The number of nitrogens with zero attached hydrogens (tertiary/aromatic N) is 4. The van der Waals surface area contributed by atoms with Gasteiger partial charge in [-0.2, -0.15) is 0 Å². The summed E-state index contributed by atoms with van der Waals surface area (Å²) < 4.78 is 2.64. The maximum absolute atomic E-state index is 4.61. The summed E-state index contributed by atoms with van der Waals surface area (Å²) in [5.74, 6) is 0. The van der Waals surface area contributed by atoms with Crippen LogP contribution in [0.2, 0.25) is 0 Å². The molecule has 0 spiro atoms. The van der Waals surface area contributed by atoms with Gasteiger partial charge in [-0.05, 0) is 174 Å². The topological polar surface area (TPSA) is 22.6 Å². The Morgan fingerprint density at radius 3 is 1.36 bits per heavy atom. The summed E-state index contributed by atoms with van der Waals surface area (Å²) in [7, 11) is 0. The third-order valence-corrected chi connectivity index (χ3v) is 18.2. The molecule has 8 aromatic carbocycles. The average Bonchev–Trinajstić information content (AvgIpc) is 2.21. The Balaban J connectivity index is 1.23. The molecule has 0 unspecified atom stereocenters. The van der Waals surface area contributed by atoms with Crippen molar-refractivity contribution in [3.63, 3.8) is 0 Å². The number of fused-ring (bicyclic) bond motifs is 6. The number of hydrogen-bond donors (Lipinski definition) is 0. The van der Waals surface area contributed by atoms with E-state index in [9.17, 15) is 0 Å². The fourth-order valence-corrected chi connectivity index (χ4v) is 13.4. The summed E-state index contributed by atoms with van der Waals surface area (Å²) in [4.78, 5) is 12.3. The molecule has 4 nitrogen and oxygen atoms in total. The van der Waals surface area contributed by atoms with E-state index < -0.39 is 0 Å². The van der Waals surface area contributed by atoms with E-state index in [0.717, 1.165) is 45.3 Å². The van der Waals surface area contributed by atoms with Gasteiger partial charge in [-0.25, -0.2) is 0 Å². The number of rotatable bonds is 7. The normalized spacial score (nSPS) is 13.5. The second-order valence-electron chi connectivity index (χ2n) is 27.9. The highest BCUT2D eigenvalue weighted by atomic mass is 32.1. The minimum Gasteiger partial charge on any atom is -0.311 e. The van der Waals surface area contributed by atoms with Crippen LogP contribution in [0, 0.1) is 0 Å². The van der Waals surface area contributed by atoms with Crippen LogP contribution in [0.15, 0.2) is 194 Å². The van der Waals surface area contributed by atoms with E-state index in [1.54, 1.807) is 0 Å². The fourth-order valence-electron chi connectivity index (χ4n) is 12.1. The molecule has 2 aromatic heterocycles. The molecule has 12 rings (SSSR count). The lowest BCUT2D eigenvalue weighted by Gasteiger charge is -2.44. The van der Waals surface area contributed by atoms with Gasteiger partial charge in [-0.3, -0.25) is 4.98 Å². The fraction of sp³-hybridized carbons (Fsp3) is 0.267. The van der Waals surface area contributed by atoms with Gasteiger partial charge in [0, 0.05) is 72.6 Å². The Labute approximate surface area is 487 Å². The van der Waals surface area contributed by atoms with Crippen molar-refractivity contribution in [1.82, 2.24) is 4.98 Å². The monoisotopic (exact) mass is 1080 g/mol. The van der Waals surface area contributed by atoms with Crippen LogP contribution in [0.3, 0.4) is 0 Å². The van der Waals surface area contributed by atoms with Gasteiger partial charge in [-0.15, -0.1) is 11.3 Å². The van der Waals surface area contributed by atoms with Crippen LogP contribution in [0.1, 0.15) is 132 Å². The second-order valence-corrected chi connectivity index (χ2v) is 28.9. The maximum Gasteiger partial charge on any atom is 0.264 e. The molecule has 0 amide bonds. The van der Waals surface area contributed by atoms with Crippen LogP contribution in [0.4, 0.5) is 51.2 Å². The average molecular weight is 1080 g/mol. The Kier molecular flexibility index (Phi) is 13.0. The van der Waals surface area contributed by atoms with Crippen LogP contribution in [0.5, 0.6) is 0 Å². The molecule has 10 aromatic rings. The van der Waals surface area contributed by atoms with Crippen molar-refractivity contribution in [3.05, 3.63) is 222 Å². The first-order valence-electron chi connectivity index (χ1n) is 29.0. The lowest BCUT2D eigenvalue weighted by molar-refractivity contribution is 0.590. The van der Waals surface area contributed by atoms with Gasteiger partial charge < -0.3 is 14.7 Å². The molecule has 4 heterocycles. The van der Waals surface area contributed by atoms with Gasteiger partial charge in [0.05, 0.1) is 11.4 Å². The smallest absolute Gasteiger partial charge is 0.264 e. The lowest BCUT2D eigenvalue weighted by Crippen LogP contribution is -2.60. The number of pyridine rings is 1. The van der Waals surface area contributed by atoms with Crippen LogP contribution in [-0.4, -0.2) is 11.7 Å². The zero-order valence-electron chi connectivity index (χ0n) is 50.2. The largest absolute Gasteiger partial charge is 0.311 e. The molecular weight excluding hydrogens is 1000 g/mol. The van der Waals surface area contributed by atoms with Gasteiger partial charge in [-0.1, -0.05) is 195 Å². The number of benzene rings is 8. The third kappa shape index (κ3) is 9.77. The van der Waals surface area contributed by atoms with Crippen LogP contribution in [0.25, 0.3) is 32.3 Å². The van der Waals surface area contributed by atoms with E-state index in [1.807, 2.05) is 23.7 Å². The molecule has 0 N–H and O–H groups in total. The zero-order chi connectivity index (χ0) is 57.1. The van der Waals surface area contributed by atoms with Crippen molar-refractivity contribution in [2.75, 3.05) is 14.7 Å². The summed E-state index contributed by atoms with van der Waals surface area (Å²) in [5.41, 5.74) is 24.0. The van der Waals surface area contributed by atoms with Gasteiger partial charge in [0.15, 0.2) is 0 Å². The van der Waals surface area contributed by atoms with Crippen LogP contribution in [-0.2, 0) is 27.1 Å². The Hall–Kier alpha value is -7.67. The summed E-state index contributed by atoms with van der Waals surface area (Å²) in [6.45, 7) is 34.5. The molecule has 2 aliphatic heterocycles. The number of hydrogen-bond acceptors (Lipinski definition) is 5. The SMILES string of the molecule is CC(C)(C)c1ccc(N(c2ccc(C(C)(C)C)cc2)c2cc3c(cc2-c2ccncc2)B2c4sc5ccc(C(C)(C)C)cc5c4N(c4ccc(C(C)(C)C)cc4)c4cc(-c5ccccc5)cc(c42)N3c2ccc(C(C)(C)C)cc2)cc1. The molecule has 0 saturated heterocycles. The maximum atomic E-state index is 4.61. The lowest BCUT2D eigenvalue weighted by atomic mass is 9.36. The molecular formula is C75H77BN4S. The molecule has 0 aliphatic carbocycles. The molecule has 0 atom stereocenters. The minimum absolute atomic E-state index is 0.000769. The summed E-state index contributed by atoms with van der Waals surface area (Å²) >= 11 is 1.96. The van der Waals surface area contributed by atoms with E-state index >= 15 is 0 Å². The Bertz CT molecular complexity index is 3920. The highest BCUT2D eigenvalue weighted by Crippen LogP contribution is 2.52. The molecule has 81 heavy (non-hydrogen) atoms. The van der Waals surface area contributed by atoms with E-state index in [1.165, 1.54) is 81.8 Å². The molecule has 0 bridgehead atoms. The van der Waals surface area contributed by atoms with E-state index in [-0.39, 0.29) is 33.8 Å². The zero-order valence-corrected chi connectivity index (χ0v) is 51.1. The quantitative estimate of drug-likeness (QED) is 0.148. The van der Waals surface area contributed by atoms with Gasteiger partial charge >= 0.3 is 0 Å².